The Bertz CT molecular complexity index is 418. The van der Waals surface area contributed by atoms with E-state index in [9.17, 15) is 4.79 Å². The first-order chi connectivity index (χ1) is 8.06. The molecule has 0 aliphatic heterocycles. The van der Waals surface area contributed by atoms with Gasteiger partial charge in [-0.05, 0) is 37.5 Å². The topological polar surface area (TPSA) is 29.1 Å². The Morgan fingerprint density at radius 1 is 1.35 bits per heavy atom. The summed E-state index contributed by atoms with van der Waals surface area (Å²) >= 11 is 15.3. The molecule has 2 unspecified atom stereocenters. The van der Waals surface area contributed by atoms with Crippen molar-refractivity contribution in [1.82, 2.24) is 5.32 Å². The Hall–Kier alpha value is -0.250. The van der Waals surface area contributed by atoms with Crippen LogP contribution in [0.15, 0.2) is 22.7 Å². The Balaban J connectivity index is 2.09. The van der Waals surface area contributed by atoms with Crippen LogP contribution in [-0.2, 0) is 0 Å². The second-order valence-corrected chi connectivity index (χ2v) is 6.10. The van der Waals surface area contributed by atoms with Crippen molar-refractivity contribution in [3.8, 4) is 0 Å². The lowest BCUT2D eigenvalue weighted by molar-refractivity contribution is 0.0938. The van der Waals surface area contributed by atoms with Gasteiger partial charge >= 0.3 is 0 Å². The van der Waals surface area contributed by atoms with Crippen LogP contribution in [0.5, 0.6) is 0 Å². The van der Waals surface area contributed by atoms with Gasteiger partial charge in [-0.15, -0.1) is 11.6 Å². The van der Waals surface area contributed by atoms with E-state index in [2.05, 4.69) is 21.2 Å². The molecule has 0 saturated heterocycles. The highest BCUT2D eigenvalue weighted by molar-refractivity contribution is 9.10. The molecule has 2 rings (SSSR count). The highest BCUT2D eigenvalue weighted by Crippen LogP contribution is 2.25. The Morgan fingerprint density at radius 2 is 2.12 bits per heavy atom. The summed E-state index contributed by atoms with van der Waals surface area (Å²) in [5.41, 5.74) is 0.556. The van der Waals surface area contributed by atoms with Crippen LogP contribution in [0.1, 0.15) is 29.6 Å². The summed E-state index contributed by atoms with van der Waals surface area (Å²) < 4.78 is 0.795. The molecule has 0 aromatic heterocycles. The molecule has 1 amide bonds. The lowest BCUT2D eigenvalue weighted by Crippen LogP contribution is -2.37. The van der Waals surface area contributed by atoms with Crippen LogP contribution < -0.4 is 5.32 Å². The normalized spacial score (nSPS) is 23.7. The van der Waals surface area contributed by atoms with Gasteiger partial charge in [0.05, 0.1) is 5.38 Å². The maximum absolute atomic E-state index is 12.0. The number of amides is 1. The Morgan fingerprint density at radius 3 is 2.71 bits per heavy atom. The minimum absolute atomic E-state index is 0.0431. The third kappa shape index (κ3) is 3.36. The van der Waals surface area contributed by atoms with Crippen LogP contribution in [0.4, 0.5) is 0 Å². The smallest absolute Gasteiger partial charge is 0.251 e. The number of halogens is 3. The van der Waals surface area contributed by atoms with E-state index < -0.39 is 0 Å². The number of carbonyl (C=O) groups excluding carboxylic acids is 1. The molecule has 0 spiro atoms. The van der Waals surface area contributed by atoms with Crippen LogP contribution in [-0.4, -0.2) is 17.3 Å². The average Bonchev–Trinajstić information content (AvgIpc) is 2.63. The van der Waals surface area contributed by atoms with Crippen molar-refractivity contribution in [2.24, 2.45) is 0 Å². The van der Waals surface area contributed by atoms with Crippen molar-refractivity contribution in [2.75, 3.05) is 0 Å². The number of alkyl halides is 1. The van der Waals surface area contributed by atoms with E-state index in [4.69, 9.17) is 23.2 Å². The molecule has 92 valence electrons. The van der Waals surface area contributed by atoms with E-state index in [0.29, 0.717) is 10.6 Å². The summed E-state index contributed by atoms with van der Waals surface area (Å²) in [7, 11) is 0. The fourth-order valence-electron chi connectivity index (χ4n) is 2.01. The predicted octanol–water partition coefficient (Wildman–Crippen LogP) is 3.99. The molecule has 0 heterocycles. The third-order valence-electron chi connectivity index (χ3n) is 2.87. The molecular weight excluding hydrogens is 325 g/mol. The molecule has 17 heavy (non-hydrogen) atoms. The fourth-order valence-corrected chi connectivity index (χ4v) is 3.22. The SMILES string of the molecule is O=C(NC1CCCC1Cl)c1cc(Cl)cc(Br)c1. The maximum Gasteiger partial charge on any atom is 0.251 e. The van der Waals surface area contributed by atoms with Crippen molar-refractivity contribution >= 4 is 45.0 Å². The zero-order valence-electron chi connectivity index (χ0n) is 9.05. The van der Waals surface area contributed by atoms with Crippen LogP contribution in [0.2, 0.25) is 5.02 Å². The van der Waals surface area contributed by atoms with Gasteiger partial charge in [-0.25, -0.2) is 0 Å². The molecule has 1 aliphatic rings. The van der Waals surface area contributed by atoms with Crippen molar-refractivity contribution in [3.05, 3.63) is 33.3 Å². The van der Waals surface area contributed by atoms with Crippen LogP contribution in [0.25, 0.3) is 0 Å². The standard InChI is InChI=1S/C12H12BrCl2NO/c13-8-4-7(5-9(14)6-8)12(17)16-11-3-1-2-10(11)15/h4-6,10-11H,1-3H2,(H,16,17). The van der Waals surface area contributed by atoms with Crippen molar-refractivity contribution in [2.45, 2.75) is 30.7 Å². The summed E-state index contributed by atoms with van der Waals surface area (Å²) in [5.74, 6) is -0.120. The summed E-state index contributed by atoms with van der Waals surface area (Å²) in [6.07, 6.45) is 2.98. The number of benzene rings is 1. The van der Waals surface area contributed by atoms with E-state index in [1.54, 1.807) is 18.2 Å². The van der Waals surface area contributed by atoms with Gasteiger partial charge in [-0.3, -0.25) is 4.79 Å². The molecule has 0 radical (unpaired) electrons. The first-order valence-corrected chi connectivity index (χ1v) is 7.08. The van der Waals surface area contributed by atoms with Crippen molar-refractivity contribution in [3.63, 3.8) is 0 Å². The van der Waals surface area contributed by atoms with Gasteiger partial charge in [0.25, 0.3) is 5.91 Å². The maximum atomic E-state index is 12.0. The largest absolute Gasteiger partial charge is 0.348 e. The summed E-state index contributed by atoms with van der Waals surface area (Å²) in [6, 6.07) is 5.22. The van der Waals surface area contributed by atoms with E-state index in [-0.39, 0.29) is 17.3 Å². The van der Waals surface area contributed by atoms with Gasteiger partial charge in [0, 0.05) is 21.1 Å². The molecule has 1 N–H and O–H groups in total. The average molecular weight is 337 g/mol. The van der Waals surface area contributed by atoms with Gasteiger partial charge in [0.2, 0.25) is 0 Å². The molecule has 0 bridgehead atoms. The summed E-state index contributed by atoms with van der Waals surface area (Å²) in [5, 5.41) is 3.53. The van der Waals surface area contributed by atoms with Gasteiger partial charge in [0.1, 0.15) is 0 Å². The van der Waals surface area contributed by atoms with Gasteiger partial charge in [-0.2, -0.15) is 0 Å². The molecule has 1 aromatic carbocycles. The molecule has 1 aliphatic carbocycles. The minimum atomic E-state index is -0.120. The molecule has 2 nitrogen and oxygen atoms in total. The van der Waals surface area contributed by atoms with Crippen molar-refractivity contribution < 1.29 is 4.79 Å². The van der Waals surface area contributed by atoms with Gasteiger partial charge in [0.15, 0.2) is 0 Å². The molecule has 1 fully saturated rings. The molecular formula is C12H12BrCl2NO. The zero-order valence-corrected chi connectivity index (χ0v) is 12.1. The summed E-state index contributed by atoms with van der Waals surface area (Å²) in [4.78, 5) is 12.0. The summed E-state index contributed by atoms with van der Waals surface area (Å²) in [6.45, 7) is 0. The second kappa shape index (κ2) is 5.59. The van der Waals surface area contributed by atoms with Crippen LogP contribution in [0, 0.1) is 0 Å². The number of hydrogen-bond donors (Lipinski definition) is 1. The van der Waals surface area contributed by atoms with E-state index in [0.717, 1.165) is 23.7 Å². The van der Waals surface area contributed by atoms with E-state index >= 15 is 0 Å². The number of nitrogens with one attached hydrogen (secondary N) is 1. The van der Waals surface area contributed by atoms with Crippen molar-refractivity contribution in [1.29, 1.82) is 0 Å². The van der Waals surface area contributed by atoms with E-state index in [1.165, 1.54) is 0 Å². The number of rotatable bonds is 2. The number of hydrogen-bond acceptors (Lipinski definition) is 1. The quantitative estimate of drug-likeness (QED) is 0.813. The predicted molar refractivity (Wildman–Crippen MR) is 73.9 cm³/mol. The molecule has 5 heteroatoms. The molecule has 2 atom stereocenters. The third-order valence-corrected chi connectivity index (χ3v) is 4.07. The zero-order chi connectivity index (χ0) is 12.4. The first kappa shape index (κ1) is 13.2. The van der Waals surface area contributed by atoms with Gasteiger partial charge in [-0.1, -0.05) is 27.5 Å². The van der Waals surface area contributed by atoms with Crippen LogP contribution in [0.3, 0.4) is 0 Å². The fraction of sp³-hybridized carbons (Fsp3) is 0.417. The molecule has 1 aromatic rings. The lowest BCUT2D eigenvalue weighted by atomic mass is 10.2. The van der Waals surface area contributed by atoms with E-state index in [1.807, 2.05) is 0 Å². The monoisotopic (exact) mass is 335 g/mol. The highest BCUT2D eigenvalue weighted by Gasteiger charge is 2.26. The highest BCUT2D eigenvalue weighted by atomic mass is 79.9. The first-order valence-electron chi connectivity index (χ1n) is 5.47. The number of carbonyl (C=O) groups is 1. The Kier molecular flexibility index (Phi) is 4.34. The second-order valence-electron chi connectivity index (χ2n) is 4.18. The molecule has 1 saturated carbocycles. The lowest BCUT2D eigenvalue weighted by Gasteiger charge is -2.16. The van der Waals surface area contributed by atoms with Gasteiger partial charge < -0.3 is 5.32 Å². The minimum Gasteiger partial charge on any atom is -0.348 e. The Labute approximate surface area is 119 Å². The van der Waals surface area contributed by atoms with Crippen LogP contribution >= 0.6 is 39.1 Å².